The third-order valence-electron chi connectivity index (χ3n) is 11.8. The number of aliphatic hydroxyl groups excluding tert-OH is 4. The van der Waals surface area contributed by atoms with Gasteiger partial charge >= 0.3 is 11.9 Å². The monoisotopic (exact) mass is 1110 g/mol. The number of ether oxygens (including phenoxy) is 10. The van der Waals surface area contributed by atoms with E-state index < -0.39 is 134 Å². The molecular weight excluding hydrogens is 1030 g/mol. The lowest BCUT2D eigenvalue weighted by Gasteiger charge is -2.51. The number of nitrogens with one attached hydrogen (secondary N) is 2. The maximum Gasteiger partial charge on any atom is 0.370 e. The van der Waals surface area contributed by atoms with E-state index in [9.17, 15) is 54.6 Å². The Labute approximate surface area is 445 Å². The summed E-state index contributed by atoms with van der Waals surface area (Å²) in [4.78, 5) is 72.8. The van der Waals surface area contributed by atoms with Crippen molar-refractivity contribution >= 4 is 41.6 Å². The lowest BCUT2D eigenvalue weighted by molar-refractivity contribution is -0.236. The summed E-state index contributed by atoms with van der Waals surface area (Å²) in [6, 6.07) is -3.31. The molecule has 0 radical (unpaired) electrons. The molecule has 0 aliphatic carbocycles. The van der Waals surface area contributed by atoms with Crippen molar-refractivity contribution in [3.05, 3.63) is 23.7 Å². The Morgan fingerprint density at radius 2 is 1.18 bits per heavy atom. The summed E-state index contributed by atoms with van der Waals surface area (Å²) in [5.74, 6) is -7.39. The molecular formula is C46H80N10O21. The molecule has 1 saturated heterocycles. The number of carbonyl (C=O) groups is 5. The highest BCUT2D eigenvalue weighted by Gasteiger charge is 2.56. The van der Waals surface area contributed by atoms with Gasteiger partial charge in [0.15, 0.2) is 24.3 Å². The predicted molar refractivity (Wildman–Crippen MR) is 268 cm³/mol. The molecule has 3 heterocycles. The van der Waals surface area contributed by atoms with Crippen LogP contribution in [0.5, 0.6) is 0 Å². The fourth-order valence-corrected chi connectivity index (χ4v) is 8.13. The number of likely N-dealkylation sites (tertiary alicyclic amines) is 1. The van der Waals surface area contributed by atoms with Crippen molar-refractivity contribution in [1.29, 1.82) is 0 Å². The van der Waals surface area contributed by atoms with E-state index in [1.807, 2.05) is 11.8 Å². The molecule has 3 aliphatic heterocycles. The Morgan fingerprint density at radius 1 is 0.714 bits per heavy atom. The molecule has 16 N–H and O–H groups in total. The van der Waals surface area contributed by atoms with Crippen molar-refractivity contribution < 1.29 is 102 Å². The van der Waals surface area contributed by atoms with Crippen molar-refractivity contribution in [1.82, 2.24) is 20.4 Å². The van der Waals surface area contributed by atoms with Crippen molar-refractivity contribution in [3.8, 4) is 0 Å². The van der Waals surface area contributed by atoms with E-state index in [1.54, 1.807) is 6.92 Å². The molecule has 1 unspecified atom stereocenters. The lowest BCUT2D eigenvalue weighted by atomic mass is 9.85. The number of fused-ring (bicyclic) bond motifs is 1. The summed E-state index contributed by atoms with van der Waals surface area (Å²) in [6.45, 7) is 8.36. The molecule has 1 fully saturated rings. The molecule has 440 valence electrons. The van der Waals surface area contributed by atoms with Gasteiger partial charge in [0, 0.05) is 52.2 Å². The minimum absolute atomic E-state index is 0.0386. The van der Waals surface area contributed by atoms with Crippen LogP contribution in [0.4, 0.5) is 0 Å². The zero-order valence-corrected chi connectivity index (χ0v) is 43.8. The number of carboxylic acid groups (broad SMARTS) is 2. The molecule has 3 rings (SSSR count). The van der Waals surface area contributed by atoms with E-state index in [0.29, 0.717) is 72.5 Å². The fourth-order valence-electron chi connectivity index (χ4n) is 8.13. The number of hydrogen-bond donors (Lipinski definition) is 12. The minimum Gasteiger partial charge on any atom is -0.480 e. The van der Waals surface area contributed by atoms with Crippen molar-refractivity contribution in [3.63, 3.8) is 0 Å². The summed E-state index contributed by atoms with van der Waals surface area (Å²) >= 11 is 0. The standard InChI is InChI=1S/C46H80N10O21/c1-4-10-68-16-18-72-20-21-73-19-17-71-15-9-55(7-13-69-11-5-51-34(60)25-74-39(31(59)24-57)38-27(2)29(53-45(47)48)22-32(76-38)43(64)65)8-14-70-12-6-52-35(61)26-75-41-37(62)42(63)56(28(3)58)36-30(54-46(49)50)23-33(44(66)67)77-40(36)41/h22-23,27,29-31,36-42,57,59,62-63H,4-21,24-26H2,1-3H3,(H,51,60)(H,52,61)(H,64,65)(H,66,67)(H4,47,48,53)(H4,49,50,54)/t27-,29+,30+,31-,36-,37+,38-,39-,40-,41-,42?/m1/s1. The minimum atomic E-state index is -1.85. The van der Waals surface area contributed by atoms with Crippen LogP contribution in [0.1, 0.15) is 27.2 Å². The number of guanidine groups is 2. The van der Waals surface area contributed by atoms with Gasteiger partial charge < -0.3 is 116 Å². The molecule has 11 atom stereocenters. The van der Waals surface area contributed by atoms with Crippen LogP contribution in [0.3, 0.4) is 0 Å². The summed E-state index contributed by atoms with van der Waals surface area (Å²) in [5, 5.41) is 66.7. The second kappa shape index (κ2) is 35.8. The topological polar surface area (TPSA) is 458 Å². The summed E-state index contributed by atoms with van der Waals surface area (Å²) in [6.07, 6.45) is -7.51. The average Bonchev–Trinajstić information content (AvgIpc) is 3.38. The van der Waals surface area contributed by atoms with Crippen LogP contribution < -0.4 is 33.6 Å². The number of amides is 3. The van der Waals surface area contributed by atoms with E-state index in [1.165, 1.54) is 6.08 Å². The highest BCUT2D eigenvalue weighted by molar-refractivity contribution is 5.86. The number of nitrogens with zero attached hydrogens (tertiary/aromatic N) is 4. The Bertz CT molecular complexity index is 1940. The second-order valence-electron chi connectivity index (χ2n) is 17.6. The van der Waals surface area contributed by atoms with E-state index in [2.05, 4.69) is 20.6 Å². The maximum absolute atomic E-state index is 12.9. The number of aliphatic carboxylic acids is 2. The third-order valence-corrected chi connectivity index (χ3v) is 11.8. The van der Waals surface area contributed by atoms with Crippen LogP contribution in [-0.2, 0) is 71.3 Å². The molecule has 77 heavy (non-hydrogen) atoms. The number of aliphatic hydroxyl groups is 4. The van der Waals surface area contributed by atoms with E-state index in [0.717, 1.165) is 24.3 Å². The molecule has 0 saturated carbocycles. The quantitative estimate of drug-likeness (QED) is 0.0155. The smallest absolute Gasteiger partial charge is 0.370 e. The zero-order valence-electron chi connectivity index (χ0n) is 43.8. The molecule has 3 aliphatic rings. The number of hydrogen-bond acceptors (Lipinski definition) is 22. The number of aliphatic imine (C=N–C) groups is 2. The summed E-state index contributed by atoms with van der Waals surface area (Å²) < 4.78 is 56.3. The SMILES string of the molecule is CCCOCCOCCOCCOCCN(CCOCCNC(=O)CO[C@@H]([C@@H]1OC(C(=O)O)=C[C@H](N=C(N)N)[C@H]1C)[C@H](O)CO)CCOCCNC(=O)CO[C@H]1[C@@H]2OC(C(=O)O)=C[C@H](N=C(N)N)[C@H]2N(C(C)=O)C(O)[C@H]1O. The Balaban J connectivity index is 1.46. The molecule has 0 aromatic rings. The normalized spacial score (nSPS) is 23.7. The predicted octanol–water partition coefficient (Wildman–Crippen LogP) is -6.28. The van der Waals surface area contributed by atoms with Crippen molar-refractivity contribution in [2.75, 3.05) is 132 Å². The molecule has 31 heteroatoms. The Hall–Kier alpha value is -5.55. The molecule has 3 amide bonds. The molecule has 0 bridgehead atoms. The first-order chi connectivity index (χ1) is 36.8. The number of carboxylic acids is 2. The number of piperidine rings is 1. The van der Waals surface area contributed by atoms with E-state index in [4.69, 9.17) is 70.3 Å². The first kappa shape index (κ1) is 65.7. The molecule has 0 aromatic carbocycles. The highest BCUT2D eigenvalue weighted by Crippen LogP contribution is 2.36. The van der Waals surface area contributed by atoms with Gasteiger partial charge in [-0.1, -0.05) is 13.8 Å². The van der Waals surface area contributed by atoms with Gasteiger partial charge in [-0.3, -0.25) is 19.3 Å². The van der Waals surface area contributed by atoms with Gasteiger partial charge in [-0.25, -0.2) is 19.6 Å². The van der Waals surface area contributed by atoms with E-state index >= 15 is 0 Å². The largest absolute Gasteiger partial charge is 0.480 e. The van der Waals surface area contributed by atoms with E-state index in [-0.39, 0.29) is 45.5 Å². The van der Waals surface area contributed by atoms with Crippen LogP contribution in [0.25, 0.3) is 0 Å². The Morgan fingerprint density at radius 3 is 1.68 bits per heavy atom. The van der Waals surface area contributed by atoms with Gasteiger partial charge in [-0.15, -0.1) is 0 Å². The fraction of sp³-hybridized carbons (Fsp3) is 0.761. The summed E-state index contributed by atoms with van der Waals surface area (Å²) in [7, 11) is 0. The van der Waals surface area contributed by atoms with Crippen molar-refractivity contribution in [2.24, 2.45) is 38.8 Å². The first-order valence-electron chi connectivity index (χ1n) is 25.1. The van der Waals surface area contributed by atoms with Gasteiger partial charge in [0.05, 0.1) is 85.3 Å². The van der Waals surface area contributed by atoms with Crippen LogP contribution in [0.15, 0.2) is 33.7 Å². The molecule has 31 nitrogen and oxygen atoms in total. The number of carbonyl (C=O) groups excluding carboxylic acids is 3. The number of rotatable bonds is 39. The maximum atomic E-state index is 12.9. The Kier molecular flexibility index (Phi) is 30.5. The van der Waals surface area contributed by atoms with Gasteiger partial charge in [-0.2, -0.15) is 0 Å². The van der Waals surface area contributed by atoms with Crippen LogP contribution in [-0.4, -0.2) is 275 Å². The van der Waals surface area contributed by atoms with Crippen LogP contribution in [0.2, 0.25) is 0 Å². The molecule has 0 aromatic heterocycles. The summed E-state index contributed by atoms with van der Waals surface area (Å²) in [5.41, 5.74) is 22.2. The average molecular weight is 1110 g/mol. The third kappa shape index (κ3) is 23.1. The molecule has 0 spiro atoms. The number of nitrogens with two attached hydrogens (primary N) is 4. The first-order valence-corrected chi connectivity index (χ1v) is 25.1. The van der Waals surface area contributed by atoms with Crippen molar-refractivity contribution in [2.45, 2.75) is 88.2 Å². The second-order valence-corrected chi connectivity index (χ2v) is 17.6. The highest BCUT2D eigenvalue weighted by atomic mass is 16.6. The van der Waals surface area contributed by atoms with Gasteiger partial charge in [0.1, 0.15) is 55.8 Å². The van der Waals surface area contributed by atoms with Gasteiger partial charge in [0.25, 0.3) is 0 Å². The van der Waals surface area contributed by atoms with Crippen LogP contribution in [0, 0.1) is 5.92 Å². The lowest BCUT2D eigenvalue weighted by Crippen LogP contribution is -2.72. The van der Waals surface area contributed by atoms with Crippen LogP contribution >= 0.6 is 0 Å². The van der Waals surface area contributed by atoms with Gasteiger partial charge in [-0.05, 0) is 18.6 Å². The van der Waals surface area contributed by atoms with Gasteiger partial charge in [0.2, 0.25) is 29.2 Å². The zero-order chi connectivity index (χ0) is 56.9.